The lowest BCUT2D eigenvalue weighted by Crippen LogP contribution is -2.49. The van der Waals surface area contributed by atoms with Crippen LogP contribution in [-0.2, 0) is 26.2 Å². The van der Waals surface area contributed by atoms with Gasteiger partial charge in [-0.05, 0) is 69.7 Å². The van der Waals surface area contributed by atoms with Gasteiger partial charge in [-0.15, -0.1) is 0 Å². The first-order valence-corrected chi connectivity index (χ1v) is 15.0. The molecule has 7 nitrogen and oxygen atoms in total. The Bertz CT molecular complexity index is 1210. The molecular weight excluding hydrogens is 486 g/mol. The Morgan fingerprint density at radius 2 is 1.70 bits per heavy atom. The minimum absolute atomic E-state index is 0.138. The minimum atomic E-state index is -3.53. The number of hydrogen-bond donors (Lipinski definition) is 1. The molecule has 0 radical (unpaired) electrons. The quantitative estimate of drug-likeness (QED) is 0.461. The van der Waals surface area contributed by atoms with Crippen molar-refractivity contribution < 1.29 is 18.0 Å². The van der Waals surface area contributed by atoms with Gasteiger partial charge >= 0.3 is 0 Å². The van der Waals surface area contributed by atoms with E-state index in [1.54, 1.807) is 11.8 Å². The molecule has 0 unspecified atom stereocenters. The van der Waals surface area contributed by atoms with E-state index in [2.05, 4.69) is 5.32 Å². The van der Waals surface area contributed by atoms with Crippen LogP contribution in [0.2, 0.25) is 0 Å². The molecule has 0 aromatic heterocycles. The summed E-state index contributed by atoms with van der Waals surface area (Å²) >= 11 is 0. The molecule has 3 rings (SSSR count). The van der Waals surface area contributed by atoms with Crippen molar-refractivity contribution >= 4 is 27.5 Å². The molecule has 0 heterocycles. The Morgan fingerprint density at radius 1 is 1.03 bits per heavy atom. The third kappa shape index (κ3) is 8.06. The summed E-state index contributed by atoms with van der Waals surface area (Å²) < 4.78 is 26.6. The first-order valence-electron chi connectivity index (χ1n) is 13.2. The number of anilines is 1. The molecule has 37 heavy (non-hydrogen) atoms. The number of hydrogen-bond acceptors (Lipinski definition) is 4. The number of nitrogens with zero attached hydrogens (tertiary/aromatic N) is 2. The van der Waals surface area contributed by atoms with E-state index in [1.165, 1.54) is 10.6 Å². The molecule has 2 aromatic carbocycles. The first-order chi connectivity index (χ1) is 17.5. The van der Waals surface area contributed by atoms with Gasteiger partial charge in [-0.25, -0.2) is 8.42 Å². The van der Waals surface area contributed by atoms with Gasteiger partial charge in [-0.2, -0.15) is 0 Å². The number of benzene rings is 2. The van der Waals surface area contributed by atoms with E-state index in [9.17, 15) is 18.0 Å². The average molecular weight is 528 g/mol. The van der Waals surface area contributed by atoms with Crippen LogP contribution in [0, 0.1) is 20.8 Å². The normalized spacial score (nSPS) is 14.8. The van der Waals surface area contributed by atoms with Crippen molar-refractivity contribution in [2.45, 2.75) is 84.8 Å². The summed E-state index contributed by atoms with van der Waals surface area (Å²) in [5.74, 6) is -0.300. The number of nitrogens with one attached hydrogen (secondary N) is 1. The smallest absolute Gasteiger partial charge is 0.242 e. The van der Waals surface area contributed by atoms with Crippen molar-refractivity contribution in [1.82, 2.24) is 10.2 Å². The molecule has 2 amide bonds. The predicted molar refractivity (Wildman–Crippen MR) is 149 cm³/mol. The summed E-state index contributed by atoms with van der Waals surface area (Å²) in [5, 5.41) is 3.12. The van der Waals surface area contributed by atoms with Gasteiger partial charge in [-0.3, -0.25) is 13.9 Å². The molecule has 2 aromatic rings. The average Bonchev–Trinajstić information content (AvgIpc) is 3.34. The van der Waals surface area contributed by atoms with Crippen LogP contribution >= 0.6 is 0 Å². The molecule has 0 aliphatic heterocycles. The third-order valence-electron chi connectivity index (χ3n) is 7.09. The van der Waals surface area contributed by atoms with Gasteiger partial charge in [0.05, 0.1) is 11.9 Å². The maximum absolute atomic E-state index is 13.5. The standard InChI is InChI=1S/C29H41N3O4S/c1-21-10-8-11-25(18-21)20-31(24(4)29(34)30-26-12-6-7-13-26)28(33)14-9-17-32(37(5,35)36)27-19-22(2)15-16-23(27)3/h8,10-11,15-16,18-19,24,26H,6-7,9,12-14,17,20H2,1-5H3,(H,30,34)/t24-/m1/s1. The van der Waals surface area contributed by atoms with E-state index in [0.29, 0.717) is 18.7 Å². The maximum atomic E-state index is 13.5. The molecule has 0 saturated heterocycles. The van der Waals surface area contributed by atoms with Crippen LogP contribution in [0.3, 0.4) is 0 Å². The fraction of sp³-hybridized carbons (Fsp3) is 0.517. The van der Waals surface area contributed by atoms with Crippen LogP contribution in [-0.4, -0.2) is 50.0 Å². The Labute approximate surface area is 222 Å². The molecule has 1 saturated carbocycles. The van der Waals surface area contributed by atoms with Crippen LogP contribution in [0.25, 0.3) is 0 Å². The molecule has 1 aliphatic carbocycles. The molecule has 1 fully saturated rings. The number of carbonyl (C=O) groups is 2. The molecular formula is C29H41N3O4S. The number of sulfonamides is 1. The monoisotopic (exact) mass is 527 g/mol. The summed E-state index contributed by atoms with van der Waals surface area (Å²) in [5.41, 5.74) is 4.51. The fourth-order valence-corrected chi connectivity index (χ4v) is 5.97. The van der Waals surface area contributed by atoms with E-state index in [-0.39, 0.29) is 30.8 Å². The van der Waals surface area contributed by atoms with Crippen molar-refractivity contribution in [1.29, 1.82) is 0 Å². The summed E-state index contributed by atoms with van der Waals surface area (Å²) in [7, 11) is -3.53. The maximum Gasteiger partial charge on any atom is 0.242 e. The summed E-state index contributed by atoms with van der Waals surface area (Å²) in [6.45, 7) is 8.10. The summed E-state index contributed by atoms with van der Waals surface area (Å²) in [6.07, 6.45) is 5.86. The number of aryl methyl sites for hydroxylation is 3. The molecule has 0 spiro atoms. The van der Waals surface area contributed by atoms with Crippen molar-refractivity contribution in [3.05, 3.63) is 64.7 Å². The van der Waals surface area contributed by atoms with Crippen LogP contribution in [0.1, 0.15) is 67.7 Å². The first kappa shape index (κ1) is 28.7. The molecule has 1 N–H and O–H groups in total. The molecule has 1 atom stereocenters. The van der Waals surface area contributed by atoms with E-state index in [1.807, 2.05) is 63.2 Å². The van der Waals surface area contributed by atoms with Crippen molar-refractivity contribution in [2.24, 2.45) is 0 Å². The molecule has 1 aliphatic rings. The predicted octanol–water partition coefficient (Wildman–Crippen LogP) is 4.63. The van der Waals surface area contributed by atoms with Crippen molar-refractivity contribution in [3.63, 3.8) is 0 Å². The molecule has 0 bridgehead atoms. The van der Waals surface area contributed by atoms with Gasteiger partial charge in [-0.1, -0.05) is 54.8 Å². The highest BCUT2D eigenvalue weighted by Crippen LogP contribution is 2.25. The zero-order valence-electron chi connectivity index (χ0n) is 22.8. The van der Waals surface area contributed by atoms with Gasteiger partial charge in [0.2, 0.25) is 21.8 Å². The van der Waals surface area contributed by atoms with Gasteiger partial charge in [0.1, 0.15) is 6.04 Å². The third-order valence-corrected chi connectivity index (χ3v) is 8.27. The number of carbonyl (C=O) groups excluding carboxylic acids is 2. The fourth-order valence-electron chi connectivity index (χ4n) is 4.95. The van der Waals surface area contributed by atoms with Gasteiger partial charge < -0.3 is 10.2 Å². The Kier molecular flexibility index (Phi) is 9.76. The van der Waals surface area contributed by atoms with Crippen LogP contribution in [0.5, 0.6) is 0 Å². The van der Waals surface area contributed by atoms with Crippen LogP contribution in [0.15, 0.2) is 42.5 Å². The Balaban J connectivity index is 1.74. The second kappa shape index (κ2) is 12.6. The molecule has 202 valence electrons. The Hall–Kier alpha value is -2.87. The zero-order chi connectivity index (χ0) is 27.2. The summed E-state index contributed by atoms with van der Waals surface area (Å²) in [4.78, 5) is 28.2. The number of rotatable bonds is 11. The van der Waals surface area contributed by atoms with E-state index in [0.717, 1.165) is 47.9 Å². The largest absolute Gasteiger partial charge is 0.352 e. The lowest BCUT2D eigenvalue weighted by Gasteiger charge is -2.30. The number of amides is 2. The highest BCUT2D eigenvalue weighted by atomic mass is 32.2. The molecule has 8 heteroatoms. The summed E-state index contributed by atoms with van der Waals surface area (Å²) in [6, 6.07) is 13.2. The van der Waals surface area contributed by atoms with Crippen molar-refractivity contribution in [2.75, 3.05) is 17.1 Å². The van der Waals surface area contributed by atoms with Crippen LogP contribution in [0.4, 0.5) is 5.69 Å². The van der Waals surface area contributed by atoms with E-state index in [4.69, 9.17) is 0 Å². The van der Waals surface area contributed by atoms with Crippen LogP contribution < -0.4 is 9.62 Å². The highest BCUT2D eigenvalue weighted by molar-refractivity contribution is 7.92. The minimum Gasteiger partial charge on any atom is -0.352 e. The van der Waals surface area contributed by atoms with Gasteiger partial charge in [0, 0.05) is 25.6 Å². The topological polar surface area (TPSA) is 86.8 Å². The SMILES string of the molecule is Cc1cccc(CN(C(=O)CCCN(c2cc(C)ccc2C)S(C)(=O)=O)[C@H](C)C(=O)NC2CCCC2)c1. The van der Waals surface area contributed by atoms with Crippen molar-refractivity contribution in [3.8, 4) is 0 Å². The van der Waals surface area contributed by atoms with Gasteiger partial charge in [0.15, 0.2) is 0 Å². The lowest BCUT2D eigenvalue weighted by atomic mass is 10.1. The highest BCUT2D eigenvalue weighted by Gasteiger charge is 2.29. The van der Waals surface area contributed by atoms with E-state index >= 15 is 0 Å². The Morgan fingerprint density at radius 3 is 2.35 bits per heavy atom. The second-order valence-electron chi connectivity index (χ2n) is 10.4. The lowest BCUT2D eigenvalue weighted by molar-refractivity contribution is -0.141. The van der Waals surface area contributed by atoms with E-state index < -0.39 is 16.1 Å². The zero-order valence-corrected chi connectivity index (χ0v) is 23.6. The second-order valence-corrected chi connectivity index (χ2v) is 12.3. The van der Waals surface area contributed by atoms with Gasteiger partial charge in [0.25, 0.3) is 0 Å².